The summed E-state index contributed by atoms with van der Waals surface area (Å²) in [4.78, 5) is 10.9. The van der Waals surface area contributed by atoms with Gasteiger partial charge in [-0.05, 0) is 25.5 Å². The van der Waals surface area contributed by atoms with Crippen molar-refractivity contribution in [3.8, 4) is 0 Å². The van der Waals surface area contributed by atoms with Gasteiger partial charge in [-0.3, -0.25) is 4.79 Å². The number of nitrogens with one attached hydrogen (secondary N) is 1. The predicted molar refractivity (Wildman–Crippen MR) is 39.4 cm³/mol. The van der Waals surface area contributed by atoms with Crippen molar-refractivity contribution in [2.24, 2.45) is 5.73 Å². The molecule has 1 unspecified atom stereocenters. The first-order valence-electron chi connectivity index (χ1n) is 3.51. The van der Waals surface area contributed by atoms with Gasteiger partial charge in [-0.1, -0.05) is 0 Å². The van der Waals surface area contributed by atoms with Crippen LogP contribution in [0, 0.1) is 0 Å². The summed E-state index contributed by atoms with van der Waals surface area (Å²) >= 11 is 0. The van der Waals surface area contributed by atoms with Gasteiger partial charge >= 0.3 is 0 Å². The van der Waals surface area contributed by atoms with Crippen molar-refractivity contribution < 1.29 is 4.79 Å². The predicted octanol–water partition coefficient (Wildman–Crippen LogP) is -0.220. The molecule has 56 valence electrons. The number of nitrogens with two attached hydrogens (primary N) is 1. The molecule has 0 aromatic rings. The topological polar surface area (TPSA) is 55.1 Å². The Labute approximate surface area is 60.3 Å². The molecule has 0 radical (unpaired) electrons. The van der Waals surface area contributed by atoms with Crippen LogP contribution in [0.5, 0.6) is 0 Å². The van der Waals surface area contributed by atoms with Crippen molar-refractivity contribution >= 4 is 5.78 Å². The van der Waals surface area contributed by atoms with Gasteiger partial charge in [-0.2, -0.15) is 0 Å². The molecule has 0 spiro atoms. The standard InChI is InChI=1S/C7H12N2O/c8-4-1-2-6-7(10)3-5-9-6/h3,5-6,9H,1-2,4,8H2. The fourth-order valence-electron chi connectivity index (χ4n) is 0.992. The average molecular weight is 140 g/mol. The molecule has 1 rings (SSSR count). The lowest BCUT2D eigenvalue weighted by Crippen LogP contribution is -2.27. The molecule has 3 N–H and O–H groups in total. The number of ketones is 1. The van der Waals surface area contributed by atoms with E-state index in [0.29, 0.717) is 6.54 Å². The lowest BCUT2D eigenvalue weighted by molar-refractivity contribution is -0.115. The zero-order valence-corrected chi connectivity index (χ0v) is 5.84. The number of rotatable bonds is 3. The van der Waals surface area contributed by atoms with E-state index in [1.165, 1.54) is 0 Å². The summed E-state index contributed by atoms with van der Waals surface area (Å²) in [7, 11) is 0. The van der Waals surface area contributed by atoms with Crippen LogP contribution in [0.25, 0.3) is 0 Å². The smallest absolute Gasteiger partial charge is 0.179 e. The molecule has 0 bridgehead atoms. The second kappa shape index (κ2) is 3.37. The summed E-state index contributed by atoms with van der Waals surface area (Å²) in [5, 5.41) is 2.96. The third-order valence-electron chi connectivity index (χ3n) is 1.59. The molecule has 1 atom stereocenters. The Morgan fingerprint density at radius 3 is 3.00 bits per heavy atom. The number of hydrogen-bond acceptors (Lipinski definition) is 3. The summed E-state index contributed by atoms with van der Waals surface area (Å²) in [5.41, 5.74) is 5.29. The fourth-order valence-corrected chi connectivity index (χ4v) is 0.992. The molecule has 0 aliphatic carbocycles. The molecule has 0 amide bonds. The summed E-state index contributed by atoms with van der Waals surface area (Å²) in [6, 6.07) is 0.00329. The second-order valence-electron chi connectivity index (χ2n) is 2.39. The van der Waals surface area contributed by atoms with Crippen molar-refractivity contribution in [3.63, 3.8) is 0 Å². The van der Waals surface area contributed by atoms with E-state index >= 15 is 0 Å². The third-order valence-corrected chi connectivity index (χ3v) is 1.59. The molecule has 1 heterocycles. The molecule has 3 heteroatoms. The van der Waals surface area contributed by atoms with Crippen LogP contribution in [0.15, 0.2) is 12.3 Å². The van der Waals surface area contributed by atoms with E-state index in [1.807, 2.05) is 0 Å². The highest BCUT2D eigenvalue weighted by Gasteiger charge is 2.17. The number of carbonyl (C=O) groups is 1. The molecule has 0 fully saturated rings. The van der Waals surface area contributed by atoms with Gasteiger partial charge in [-0.25, -0.2) is 0 Å². The maximum absolute atomic E-state index is 10.9. The first kappa shape index (κ1) is 7.28. The van der Waals surface area contributed by atoms with Crippen LogP contribution in [-0.4, -0.2) is 18.4 Å². The zero-order valence-electron chi connectivity index (χ0n) is 5.84. The summed E-state index contributed by atoms with van der Waals surface area (Å²) in [6.07, 6.45) is 5.03. The summed E-state index contributed by atoms with van der Waals surface area (Å²) < 4.78 is 0. The van der Waals surface area contributed by atoms with Gasteiger partial charge in [0.15, 0.2) is 5.78 Å². The van der Waals surface area contributed by atoms with Crippen LogP contribution < -0.4 is 11.1 Å². The lowest BCUT2D eigenvalue weighted by atomic mass is 10.1. The van der Waals surface area contributed by atoms with E-state index in [-0.39, 0.29) is 11.8 Å². The Kier molecular flexibility index (Phi) is 2.45. The van der Waals surface area contributed by atoms with E-state index in [0.717, 1.165) is 12.8 Å². The van der Waals surface area contributed by atoms with E-state index in [4.69, 9.17) is 5.73 Å². The van der Waals surface area contributed by atoms with E-state index in [2.05, 4.69) is 5.32 Å². The summed E-state index contributed by atoms with van der Waals surface area (Å²) in [6.45, 7) is 0.658. The second-order valence-corrected chi connectivity index (χ2v) is 2.39. The Hall–Kier alpha value is -0.830. The maximum atomic E-state index is 10.9. The fraction of sp³-hybridized carbons (Fsp3) is 0.571. The Bertz CT molecular complexity index is 154. The van der Waals surface area contributed by atoms with Gasteiger partial charge in [0.1, 0.15) is 0 Å². The van der Waals surface area contributed by atoms with Gasteiger partial charge in [0.2, 0.25) is 0 Å². The summed E-state index contributed by atoms with van der Waals surface area (Å²) in [5.74, 6) is 0.174. The van der Waals surface area contributed by atoms with Gasteiger partial charge < -0.3 is 11.1 Å². The largest absolute Gasteiger partial charge is 0.381 e. The molecular weight excluding hydrogens is 128 g/mol. The Balaban J connectivity index is 2.24. The van der Waals surface area contributed by atoms with Crippen LogP contribution in [0.4, 0.5) is 0 Å². The van der Waals surface area contributed by atoms with Crippen LogP contribution in [0.1, 0.15) is 12.8 Å². The molecule has 0 saturated heterocycles. The molecule has 1 aliphatic heterocycles. The van der Waals surface area contributed by atoms with Crippen molar-refractivity contribution in [3.05, 3.63) is 12.3 Å². The highest BCUT2D eigenvalue weighted by molar-refractivity contribution is 5.96. The monoisotopic (exact) mass is 140 g/mol. The SMILES string of the molecule is NCCCC1NC=CC1=O. The van der Waals surface area contributed by atoms with Gasteiger partial charge in [0, 0.05) is 6.20 Å². The first-order chi connectivity index (χ1) is 4.84. The zero-order chi connectivity index (χ0) is 7.40. The normalized spacial score (nSPS) is 23.3. The van der Waals surface area contributed by atoms with Crippen molar-refractivity contribution in [1.82, 2.24) is 5.32 Å². The third kappa shape index (κ3) is 1.57. The molecule has 0 aromatic heterocycles. The van der Waals surface area contributed by atoms with E-state index < -0.39 is 0 Å². The highest BCUT2D eigenvalue weighted by Crippen LogP contribution is 2.03. The van der Waals surface area contributed by atoms with Crippen LogP contribution in [-0.2, 0) is 4.79 Å². The average Bonchev–Trinajstić information content (AvgIpc) is 2.31. The molecule has 0 aromatic carbocycles. The van der Waals surface area contributed by atoms with Gasteiger partial charge in [-0.15, -0.1) is 0 Å². The number of carbonyl (C=O) groups excluding carboxylic acids is 1. The Morgan fingerprint density at radius 2 is 2.50 bits per heavy atom. The minimum absolute atomic E-state index is 0.00329. The number of hydrogen-bond donors (Lipinski definition) is 2. The van der Waals surface area contributed by atoms with E-state index in [1.54, 1.807) is 12.3 Å². The van der Waals surface area contributed by atoms with Crippen molar-refractivity contribution in [1.29, 1.82) is 0 Å². The molecule has 3 nitrogen and oxygen atoms in total. The minimum Gasteiger partial charge on any atom is -0.381 e. The molecule has 10 heavy (non-hydrogen) atoms. The molecule has 1 aliphatic rings. The van der Waals surface area contributed by atoms with Crippen molar-refractivity contribution in [2.45, 2.75) is 18.9 Å². The minimum atomic E-state index is 0.00329. The first-order valence-corrected chi connectivity index (χ1v) is 3.51. The Morgan fingerprint density at radius 1 is 1.70 bits per heavy atom. The van der Waals surface area contributed by atoms with Crippen LogP contribution >= 0.6 is 0 Å². The van der Waals surface area contributed by atoms with Gasteiger partial charge in [0.25, 0.3) is 0 Å². The van der Waals surface area contributed by atoms with Crippen LogP contribution in [0.3, 0.4) is 0 Å². The van der Waals surface area contributed by atoms with Gasteiger partial charge in [0.05, 0.1) is 6.04 Å². The maximum Gasteiger partial charge on any atom is 0.179 e. The molecule has 0 saturated carbocycles. The van der Waals surface area contributed by atoms with Crippen molar-refractivity contribution in [2.75, 3.05) is 6.54 Å². The van der Waals surface area contributed by atoms with E-state index in [9.17, 15) is 4.79 Å². The van der Waals surface area contributed by atoms with Crippen LogP contribution in [0.2, 0.25) is 0 Å². The molecular formula is C7H12N2O. The highest BCUT2D eigenvalue weighted by atomic mass is 16.1. The lowest BCUT2D eigenvalue weighted by Gasteiger charge is -2.06. The quantitative estimate of drug-likeness (QED) is 0.570.